The number of carbonyl (C=O) groups excluding carboxylic acids is 1. The van der Waals surface area contributed by atoms with Crippen molar-refractivity contribution in [1.29, 1.82) is 0 Å². The number of nitrogens with zero attached hydrogens (tertiary/aromatic N) is 1. The van der Waals surface area contributed by atoms with Gasteiger partial charge >= 0.3 is 5.97 Å². The van der Waals surface area contributed by atoms with Gasteiger partial charge in [0, 0.05) is 17.2 Å². The number of carboxylic acid groups (broad SMARTS) is 1. The number of carbonyl (C=O) groups is 2. The molecule has 2 rings (SSSR count). The average Bonchev–Trinajstić information content (AvgIpc) is 2.87. The van der Waals surface area contributed by atoms with Crippen molar-refractivity contribution >= 4 is 12.3 Å². The van der Waals surface area contributed by atoms with Crippen LogP contribution in [0, 0.1) is 0 Å². The van der Waals surface area contributed by atoms with Crippen LogP contribution in [0.25, 0.3) is 11.3 Å². The summed E-state index contributed by atoms with van der Waals surface area (Å²) in [5.41, 5.74) is 0.589. The Bertz CT molecular complexity index is 602. The van der Waals surface area contributed by atoms with E-state index in [1.54, 1.807) is 12.1 Å². The van der Waals surface area contributed by atoms with Crippen LogP contribution in [0.2, 0.25) is 0 Å². The Kier molecular flexibility index (Phi) is 3.09. The van der Waals surface area contributed by atoms with Gasteiger partial charge in [-0.25, -0.2) is 4.79 Å². The van der Waals surface area contributed by atoms with Gasteiger partial charge < -0.3 is 14.4 Å². The Morgan fingerprint density at radius 3 is 2.78 bits per heavy atom. The van der Waals surface area contributed by atoms with Gasteiger partial charge in [-0.15, -0.1) is 0 Å². The molecule has 0 radical (unpaired) electrons. The van der Waals surface area contributed by atoms with Crippen LogP contribution in [0.15, 0.2) is 28.8 Å². The summed E-state index contributed by atoms with van der Waals surface area (Å²) in [4.78, 5) is 21.7. The predicted octanol–water partition coefficient (Wildman–Crippen LogP) is 1.86. The molecule has 1 aromatic carbocycles. The molecule has 6 heteroatoms. The Morgan fingerprint density at radius 2 is 2.22 bits per heavy atom. The second kappa shape index (κ2) is 4.70. The minimum Gasteiger partial charge on any atom is -0.497 e. The topological polar surface area (TPSA) is 89.6 Å². The van der Waals surface area contributed by atoms with E-state index in [4.69, 9.17) is 14.4 Å². The maximum Gasteiger partial charge on any atom is 0.358 e. The zero-order valence-corrected chi connectivity index (χ0v) is 9.41. The average molecular weight is 247 g/mol. The highest BCUT2D eigenvalue weighted by Crippen LogP contribution is 2.26. The number of aromatic carboxylic acids is 1. The SMILES string of the molecule is COc1ccc(-c2cc(C(=O)O)no2)c(C=O)c1. The Morgan fingerprint density at radius 1 is 1.44 bits per heavy atom. The van der Waals surface area contributed by atoms with Crippen LogP contribution in [0.1, 0.15) is 20.8 Å². The molecule has 0 bridgehead atoms. The normalized spacial score (nSPS) is 10.1. The lowest BCUT2D eigenvalue weighted by atomic mass is 10.1. The minimum atomic E-state index is -1.19. The third-order valence-electron chi connectivity index (χ3n) is 2.38. The molecule has 0 aliphatic rings. The number of hydrogen-bond donors (Lipinski definition) is 1. The minimum absolute atomic E-state index is 0.210. The molecular formula is C12H9NO5. The summed E-state index contributed by atoms with van der Waals surface area (Å²) in [6.45, 7) is 0. The number of benzene rings is 1. The third kappa shape index (κ3) is 2.08. The highest BCUT2D eigenvalue weighted by molar-refractivity contribution is 5.90. The van der Waals surface area contributed by atoms with Crippen molar-refractivity contribution in [3.8, 4) is 17.1 Å². The summed E-state index contributed by atoms with van der Waals surface area (Å²) in [5.74, 6) is -0.442. The molecule has 0 unspecified atom stereocenters. The fraction of sp³-hybridized carbons (Fsp3) is 0.0833. The number of hydrogen-bond acceptors (Lipinski definition) is 5. The number of rotatable bonds is 4. The third-order valence-corrected chi connectivity index (χ3v) is 2.38. The summed E-state index contributed by atoms with van der Waals surface area (Å²) in [6, 6.07) is 6.04. The van der Waals surface area contributed by atoms with E-state index in [-0.39, 0.29) is 11.5 Å². The van der Waals surface area contributed by atoms with E-state index >= 15 is 0 Å². The quantitative estimate of drug-likeness (QED) is 0.829. The van der Waals surface area contributed by atoms with Crippen LogP contribution in [0.4, 0.5) is 0 Å². The molecule has 0 saturated heterocycles. The van der Waals surface area contributed by atoms with Gasteiger partial charge in [-0.2, -0.15) is 0 Å². The van der Waals surface area contributed by atoms with Gasteiger partial charge in [0.05, 0.1) is 7.11 Å². The Labute approximate surface area is 102 Å². The van der Waals surface area contributed by atoms with Crippen molar-refractivity contribution in [2.24, 2.45) is 0 Å². The lowest BCUT2D eigenvalue weighted by Gasteiger charge is -2.03. The van der Waals surface area contributed by atoms with Crippen LogP contribution < -0.4 is 4.74 Å². The fourth-order valence-corrected chi connectivity index (χ4v) is 1.49. The van der Waals surface area contributed by atoms with Crippen molar-refractivity contribution < 1.29 is 24.0 Å². The maximum absolute atomic E-state index is 11.0. The van der Waals surface area contributed by atoms with E-state index in [1.807, 2.05) is 0 Å². The van der Waals surface area contributed by atoms with Gasteiger partial charge in [0.1, 0.15) is 5.75 Å². The monoisotopic (exact) mass is 247 g/mol. The van der Waals surface area contributed by atoms with Crippen LogP contribution in [0.3, 0.4) is 0 Å². The molecule has 2 aromatic rings. The first-order valence-electron chi connectivity index (χ1n) is 4.99. The van der Waals surface area contributed by atoms with Gasteiger partial charge in [0.25, 0.3) is 0 Å². The number of methoxy groups -OCH3 is 1. The summed E-state index contributed by atoms with van der Waals surface area (Å²) in [5, 5.41) is 12.1. The molecule has 1 aromatic heterocycles. The maximum atomic E-state index is 11.0. The van der Waals surface area contributed by atoms with E-state index in [9.17, 15) is 9.59 Å². The second-order valence-corrected chi connectivity index (χ2v) is 3.45. The first kappa shape index (κ1) is 11.8. The number of carboxylic acids is 1. The van der Waals surface area contributed by atoms with Gasteiger partial charge in [-0.3, -0.25) is 4.79 Å². The highest BCUT2D eigenvalue weighted by Gasteiger charge is 2.15. The molecule has 0 aliphatic heterocycles. The standard InChI is InChI=1S/C12H9NO5/c1-17-8-2-3-9(7(4-8)6-14)11-5-10(12(15)16)13-18-11/h2-6H,1H3,(H,15,16). The van der Waals surface area contributed by atoms with Gasteiger partial charge in [-0.05, 0) is 18.2 Å². The molecule has 0 saturated carbocycles. The molecule has 0 spiro atoms. The van der Waals surface area contributed by atoms with Crippen molar-refractivity contribution in [1.82, 2.24) is 5.16 Å². The number of aldehydes is 1. The predicted molar refractivity (Wildman–Crippen MR) is 60.8 cm³/mol. The summed E-state index contributed by atoms with van der Waals surface area (Å²) in [7, 11) is 1.49. The molecular weight excluding hydrogens is 238 g/mol. The smallest absolute Gasteiger partial charge is 0.358 e. The molecule has 1 heterocycles. The largest absolute Gasteiger partial charge is 0.497 e. The van der Waals surface area contributed by atoms with Crippen molar-refractivity contribution in [2.75, 3.05) is 7.11 Å². The molecule has 1 N–H and O–H groups in total. The first-order valence-corrected chi connectivity index (χ1v) is 4.99. The molecule has 6 nitrogen and oxygen atoms in total. The van der Waals surface area contributed by atoms with Gasteiger partial charge in [-0.1, -0.05) is 5.16 Å². The lowest BCUT2D eigenvalue weighted by Crippen LogP contribution is -1.94. The van der Waals surface area contributed by atoms with Crippen LogP contribution >= 0.6 is 0 Å². The van der Waals surface area contributed by atoms with E-state index in [2.05, 4.69) is 5.16 Å². The van der Waals surface area contributed by atoms with Crippen LogP contribution in [0.5, 0.6) is 5.75 Å². The Balaban J connectivity index is 2.49. The molecule has 0 aliphatic carbocycles. The molecule has 0 atom stereocenters. The van der Waals surface area contributed by atoms with Crippen molar-refractivity contribution in [3.05, 3.63) is 35.5 Å². The van der Waals surface area contributed by atoms with Gasteiger partial charge in [0.15, 0.2) is 17.7 Å². The zero-order chi connectivity index (χ0) is 13.1. The molecule has 18 heavy (non-hydrogen) atoms. The fourth-order valence-electron chi connectivity index (χ4n) is 1.49. The second-order valence-electron chi connectivity index (χ2n) is 3.45. The van der Waals surface area contributed by atoms with Crippen molar-refractivity contribution in [2.45, 2.75) is 0 Å². The highest BCUT2D eigenvalue weighted by atomic mass is 16.5. The van der Waals surface area contributed by atoms with E-state index in [0.29, 0.717) is 23.2 Å². The van der Waals surface area contributed by atoms with Crippen LogP contribution in [-0.4, -0.2) is 29.6 Å². The summed E-state index contributed by atoms with van der Waals surface area (Å²) < 4.78 is 9.89. The van der Waals surface area contributed by atoms with E-state index in [1.165, 1.54) is 19.2 Å². The molecule has 0 fully saturated rings. The van der Waals surface area contributed by atoms with Crippen LogP contribution in [-0.2, 0) is 0 Å². The lowest BCUT2D eigenvalue weighted by molar-refractivity contribution is 0.0685. The van der Waals surface area contributed by atoms with E-state index in [0.717, 1.165) is 0 Å². The number of aromatic nitrogens is 1. The van der Waals surface area contributed by atoms with Crippen molar-refractivity contribution in [3.63, 3.8) is 0 Å². The molecule has 0 amide bonds. The first-order chi connectivity index (χ1) is 8.65. The van der Waals surface area contributed by atoms with Gasteiger partial charge in [0.2, 0.25) is 0 Å². The Hall–Kier alpha value is -2.63. The summed E-state index contributed by atoms with van der Waals surface area (Å²) in [6.07, 6.45) is 0.640. The number of ether oxygens (including phenoxy) is 1. The molecule has 92 valence electrons. The zero-order valence-electron chi connectivity index (χ0n) is 9.41. The van der Waals surface area contributed by atoms with E-state index < -0.39 is 5.97 Å². The summed E-state index contributed by atoms with van der Waals surface area (Å²) >= 11 is 0.